The van der Waals surface area contributed by atoms with Gasteiger partial charge in [-0.1, -0.05) is 23.7 Å². The fourth-order valence-corrected chi connectivity index (χ4v) is 5.04. The second-order valence-corrected chi connectivity index (χ2v) is 9.66. The molecule has 2 fully saturated rings. The van der Waals surface area contributed by atoms with Crippen LogP contribution in [-0.4, -0.2) is 48.1 Å². The van der Waals surface area contributed by atoms with Crippen LogP contribution in [0.5, 0.6) is 11.5 Å². The molecule has 0 amide bonds. The third-order valence-electron chi connectivity index (χ3n) is 6.75. The number of benzene rings is 2. The Balaban J connectivity index is 1.23. The number of fused-ring (bicyclic) bond motifs is 1. The highest BCUT2D eigenvalue weighted by Gasteiger charge is 2.32. The van der Waals surface area contributed by atoms with Crippen LogP contribution in [0.15, 0.2) is 48.7 Å². The van der Waals surface area contributed by atoms with E-state index in [1.807, 2.05) is 42.5 Å². The third kappa shape index (κ3) is 5.04. The van der Waals surface area contributed by atoms with Crippen LogP contribution in [0, 0.1) is 5.92 Å². The van der Waals surface area contributed by atoms with Crippen LogP contribution < -0.4 is 9.47 Å². The molecule has 0 bridgehead atoms. The van der Waals surface area contributed by atoms with E-state index in [1.165, 1.54) is 0 Å². The van der Waals surface area contributed by atoms with E-state index >= 15 is 0 Å². The summed E-state index contributed by atoms with van der Waals surface area (Å²) in [4.78, 5) is 15.4. The van der Waals surface area contributed by atoms with Crippen molar-refractivity contribution in [1.82, 2.24) is 9.47 Å². The van der Waals surface area contributed by atoms with Gasteiger partial charge >= 0.3 is 0 Å². The lowest BCUT2D eigenvalue weighted by molar-refractivity contribution is 0.0871. The van der Waals surface area contributed by atoms with Crippen molar-refractivity contribution >= 4 is 28.3 Å². The van der Waals surface area contributed by atoms with Gasteiger partial charge in [-0.05, 0) is 75.5 Å². The normalized spacial score (nSPS) is 19.0. The second-order valence-electron chi connectivity index (χ2n) is 9.22. The van der Waals surface area contributed by atoms with Gasteiger partial charge in [-0.25, -0.2) is 0 Å². The molecule has 1 saturated carbocycles. The number of halogens is 1. The Morgan fingerprint density at radius 1 is 1.09 bits per heavy atom. The molecule has 0 radical (unpaired) electrons. The fraction of sp³-hybridized carbons (Fsp3) is 0.444. The monoisotopic (exact) mass is 466 g/mol. The Labute approximate surface area is 200 Å². The predicted octanol–water partition coefficient (Wildman–Crippen LogP) is 5.83. The van der Waals surface area contributed by atoms with Crippen LogP contribution in [0.2, 0.25) is 5.02 Å². The maximum absolute atomic E-state index is 12.9. The first kappa shape index (κ1) is 22.3. The number of hydrogen-bond acceptors (Lipinski definition) is 4. The number of ether oxygens (including phenoxy) is 2. The number of aromatic nitrogens is 1. The molecule has 2 aromatic carbocycles. The SMILES string of the molecule is COc1cccc2c(C(=O)C3CC3)cn(CCCN3CCCC(Oc4ccc(Cl)cc4)C3)c12. The highest BCUT2D eigenvalue weighted by Crippen LogP contribution is 2.37. The molecule has 5 rings (SSSR count). The number of piperidine rings is 1. The molecule has 174 valence electrons. The Bertz CT molecular complexity index is 1120. The number of aryl methyl sites for hydroxylation is 1. The molecule has 1 aromatic heterocycles. The van der Waals surface area contributed by atoms with Crippen LogP contribution in [0.1, 0.15) is 42.5 Å². The maximum Gasteiger partial charge on any atom is 0.168 e. The van der Waals surface area contributed by atoms with E-state index < -0.39 is 0 Å². The number of rotatable bonds is 9. The van der Waals surface area contributed by atoms with Gasteiger partial charge in [0.2, 0.25) is 0 Å². The van der Waals surface area contributed by atoms with Gasteiger partial charge in [0.25, 0.3) is 0 Å². The number of likely N-dealkylation sites (tertiary alicyclic amines) is 1. The maximum atomic E-state index is 12.9. The second kappa shape index (κ2) is 9.78. The molecule has 1 aliphatic carbocycles. The molecule has 6 heteroatoms. The molecule has 1 atom stereocenters. The first-order valence-electron chi connectivity index (χ1n) is 12.0. The highest BCUT2D eigenvalue weighted by molar-refractivity contribution is 6.30. The van der Waals surface area contributed by atoms with Crippen LogP contribution in [0.25, 0.3) is 10.9 Å². The van der Waals surface area contributed by atoms with Crippen molar-refractivity contribution < 1.29 is 14.3 Å². The summed E-state index contributed by atoms with van der Waals surface area (Å²) < 4.78 is 14.1. The Kier molecular flexibility index (Phi) is 6.61. The lowest BCUT2D eigenvalue weighted by atomic mass is 10.1. The van der Waals surface area contributed by atoms with Gasteiger partial charge in [0, 0.05) is 41.2 Å². The largest absolute Gasteiger partial charge is 0.495 e. The molecule has 1 saturated heterocycles. The van der Waals surface area contributed by atoms with E-state index in [0.29, 0.717) is 0 Å². The van der Waals surface area contributed by atoms with Crippen LogP contribution in [0.4, 0.5) is 0 Å². The van der Waals surface area contributed by atoms with Crippen molar-refractivity contribution in [2.24, 2.45) is 5.92 Å². The Morgan fingerprint density at radius 2 is 1.91 bits per heavy atom. The predicted molar refractivity (Wildman–Crippen MR) is 132 cm³/mol. The standard InChI is InChI=1S/C27H31ClN2O3/c1-32-25-7-2-6-23-24(27(31)19-8-9-19)18-30(26(23)25)16-4-15-29-14-3-5-22(17-29)33-21-12-10-20(28)11-13-21/h2,6-7,10-13,18-19,22H,3-5,8-9,14-17H2,1H3. The molecular formula is C27H31ClN2O3. The van der Waals surface area contributed by atoms with Gasteiger partial charge in [0.1, 0.15) is 17.6 Å². The first-order valence-corrected chi connectivity index (χ1v) is 12.3. The van der Waals surface area contributed by atoms with E-state index in [-0.39, 0.29) is 17.8 Å². The van der Waals surface area contributed by atoms with Crippen LogP contribution >= 0.6 is 11.6 Å². The van der Waals surface area contributed by atoms with Crippen molar-refractivity contribution in [1.29, 1.82) is 0 Å². The minimum absolute atomic E-state index is 0.204. The smallest absolute Gasteiger partial charge is 0.168 e. The van der Waals surface area contributed by atoms with Gasteiger partial charge in [0.05, 0.1) is 12.6 Å². The van der Waals surface area contributed by atoms with Crippen LogP contribution in [0.3, 0.4) is 0 Å². The molecule has 0 spiro atoms. The zero-order chi connectivity index (χ0) is 22.8. The zero-order valence-electron chi connectivity index (χ0n) is 19.1. The molecule has 2 heterocycles. The third-order valence-corrected chi connectivity index (χ3v) is 7.00. The lowest BCUT2D eigenvalue weighted by Gasteiger charge is -2.33. The van der Waals surface area contributed by atoms with E-state index in [0.717, 1.165) is 91.3 Å². The van der Waals surface area contributed by atoms with E-state index in [4.69, 9.17) is 21.1 Å². The fourth-order valence-electron chi connectivity index (χ4n) is 4.91. The molecule has 1 unspecified atom stereocenters. The quantitative estimate of drug-likeness (QED) is 0.372. The molecule has 0 N–H and O–H groups in total. The number of ketones is 1. The summed E-state index contributed by atoms with van der Waals surface area (Å²) in [6.45, 7) is 3.89. The Morgan fingerprint density at radius 3 is 2.67 bits per heavy atom. The number of hydrogen-bond donors (Lipinski definition) is 0. The van der Waals surface area contributed by atoms with Gasteiger partial charge in [-0.15, -0.1) is 0 Å². The lowest BCUT2D eigenvalue weighted by Crippen LogP contribution is -2.41. The minimum Gasteiger partial charge on any atom is -0.495 e. The number of carbonyl (C=O) groups is 1. The summed E-state index contributed by atoms with van der Waals surface area (Å²) in [6, 6.07) is 13.6. The first-order chi connectivity index (χ1) is 16.1. The van der Waals surface area contributed by atoms with Gasteiger partial charge in [-0.2, -0.15) is 0 Å². The zero-order valence-corrected chi connectivity index (χ0v) is 19.9. The number of Topliss-reactive ketones (excluding diaryl/α,β-unsaturated/α-hetero) is 1. The summed E-state index contributed by atoms with van der Waals surface area (Å²) >= 11 is 5.99. The van der Waals surface area contributed by atoms with Crippen LogP contribution in [-0.2, 0) is 6.54 Å². The van der Waals surface area contributed by atoms with Crippen molar-refractivity contribution in [3.8, 4) is 11.5 Å². The van der Waals surface area contributed by atoms with Gasteiger partial charge in [-0.3, -0.25) is 9.69 Å². The van der Waals surface area contributed by atoms with Gasteiger partial charge in [0.15, 0.2) is 5.78 Å². The van der Waals surface area contributed by atoms with Crippen molar-refractivity contribution in [3.05, 3.63) is 59.2 Å². The minimum atomic E-state index is 0.204. The van der Waals surface area contributed by atoms with E-state index in [1.54, 1.807) is 7.11 Å². The number of carbonyl (C=O) groups excluding carboxylic acids is 1. The topological polar surface area (TPSA) is 43.7 Å². The van der Waals surface area contributed by atoms with Crippen molar-refractivity contribution in [3.63, 3.8) is 0 Å². The van der Waals surface area contributed by atoms with Gasteiger partial charge < -0.3 is 14.0 Å². The molecular weight excluding hydrogens is 436 g/mol. The molecule has 5 nitrogen and oxygen atoms in total. The van der Waals surface area contributed by atoms with Crippen molar-refractivity contribution in [2.75, 3.05) is 26.7 Å². The molecule has 33 heavy (non-hydrogen) atoms. The summed E-state index contributed by atoms with van der Waals surface area (Å²) in [6.07, 6.45) is 7.51. The number of methoxy groups -OCH3 is 1. The summed E-state index contributed by atoms with van der Waals surface area (Å²) in [5.41, 5.74) is 1.88. The number of para-hydroxylation sites is 1. The number of nitrogens with zero attached hydrogens (tertiary/aromatic N) is 2. The summed E-state index contributed by atoms with van der Waals surface area (Å²) in [5.74, 6) is 2.20. The van der Waals surface area contributed by atoms with Crippen molar-refractivity contribution in [2.45, 2.75) is 44.8 Å². The Hall–Kier alpha value is -2.50. The van der Waals surface area contributed by atoms with E-state index in [2.05, 4.69) is 15.7 Å². The highest BCUT2D eigenvalue weighted by atomic mass is 35.5. The summed E-state index contributed by atoms with van der Waals surface area (Å²) in [7, 11) is 1.70. The molecule has 2 aliphatic rings. The van der Waals surface area contributed by atoms with E-state index in [9.17, 15) is 4.79 Å². The average Bonchev–Trinajstić information content (AvgIpc) is 3.62. The molecule has 3 aromatic rings. The average molecular weight is 467 g/mol. The molecule has 1 aliphatic heterocycles. The summed E-state index contributed by atoms with van der Waals surface area (Å²) in [5, 5.41) is 1.74.